The van der Waals surface area contributed by atoms with E-state index < -0.39 is 41.0 Å². The van der Waals surface area contributed by atoms with Crippen molar-refractivity contribution in [1.29, 1.82) is 0 Å². The van der Waals surface area contributed by atoms with Crippen molar-refractivity contribution in [2.45, 2.75) is 6.04 Å². The van der Waals surface area contributed by atoms with Crippen molar-refractivity contribution in [3.63, 3.8) is 0 Å². The van der Waals surface area contributed by atoms with E-state index in [-0.39, 0.29) is 16.8 Å². The van der Waals surface area contributed by atoms with Crippen molar-refractivity contribution in [2.24, 2.45) is 0 Å². The third-order valence-electron chi connectivity index (χ3n) is 4.80. The van der Waals surface area contributed by atoms with Gasteiger partial charge < -0.3 is 5.32 Å². The fraction of sp³-hybridized carbons (Fsp3) is 0.0952. The molecule has 0 saturated carbocycles. The molecule has 0 spiro atoms. The molecule has 3 amide bonds. The second-order valence-corrected chi connectivity index (χ2v) is 7.73. The summed E-state index contributed by atoms with van der Waals surface area (Å²) >= 11 is 1.39. The number of non-ortho nitro benzene ring substituents is 1. The predicted octanol–water partition coefficient (Wildman–Crippen LogP) is 3.30. The molecule has 0 bridgehead atoms. The molecule has 31 heavy (non-hydrogen) atoms. The molecule has 0 saturated heterocycles. The molecule has 1 N–H and O–H groups in total. The average Bonchev–Trinajstić information content (AvgIpc) is 3.36. The van der Waals surface area contributed by atoms with Crippen LogP contribution in [0, 0.1) is 15.9 Å². The van der Waals surface area contributed by atoms with E-state index in [1.807, 2.05) is 5.38 Å². The molecule has 1 atom stereocenters. The number of nitrogens with one attached hydrogen (secondary N) is 1. The van der Waals surface area contributed by atoms with Gasteiger partial charge in [-0.2, -0.15) is 0 Å². The number of carbonyl (C=O) groups is 3. The van der Waals surface area contributed by atoms with E-state index in [0.717, 1.165) is 21.9 Å². The van der Waals surface area contributed by atoms with Crippen molar-refractivity contribution in [2.75, 3.05) is 6.54 Å². The first-order valence-corrected chi connectivity index (χ1v) is 9.96. The van der Waals surface area contributed by atoms with E-state index in [4.69, 9.17) is 0 Å². The van der Waals surface area contributed by atoms with Gasteiger partial charge in [0.2, 0.25) is 5.91 Å². The lowest BCUT2D eigenvalue weighted by Gasteiger charge is -2.20. The Kier molecular flexibility index (Phi) is 5.30. The molecular formula is C21H14FN3O5S. The van der Waals surface area contributed by atoms with E-state index in [2.05, 4.69) is 5.32 Å². The minimum atomic E-state index is -0.770. The van der Waals surface area contributed by atoms with Gasteiger partial charge in [-0.1, -0.05) is 18.2 Å². The Morgan fingerprint density at radius 2 is 1.81 bits per heavy atom. The Bertz CT molecular complexity index is 1190. The zero-order chi connectivity index (χ0) is 22.1. The standard InChI is InChI=1S/C21H14FN3O5S/c22-13-5-3-12(4-6-13)19(17-2-1-9-31-17)23-18(26)11-24-20(27)15-8-7-14(25(29)30)10-16(15)21(24)28/h1-10,19H,11H2,(H,23,26). The smallest absolute Gasteiger partial charge is 0.270 e. The number of hydrogen-bond donors (Lipinski definition) is 1. The number of amides is 3. The maximum Gasteiger partial charge on any atom is 0.270 e. The molecular weight excluding hydrogens is 425 g/mol. The second-order valence-electron chi connectivity index (χ2n) is 6.75. The van der Waals surface area contributed by atoms with Gasteiger partial charge in [-0.05, 0) is 35.2 Å². The van der Waals surface area contributed by atoms with E-state index in [1.54, 1.807) is 24.3 Å². The maximum absolute atomic E-state index is 13.3. The van der Waals surface area contributed by atoms with Gasteiger partial charge in [-0.25, -0.2) is 4.39 Å². The fourth-order valence-corrected chi connectivity index (χ4v) is 4.12. The Balaban J connectivity index is 1.54. The Morgan fingerprint density at radius 3 is 2.45 bits per heavy atom. The van der Waals surface area contributed by atoms with Gasteiger partial charge in [0, 0.05) is 17.0 Å². The van der Waals surface area contributed by atoms with Crippen molar-refractivity contribution < 1.29 is 23.7 Å². The lowest BCUT2D eigenvalue weighted by Crippen LogP contribution is -2.41. The normalized spacial score (nSPS) is 13.8. The van der Waals surface area contributed by atoms with Gasteiger partial charge in [0.15, 0.2) is 0 Å². The zero-order valence-corrected chi connectivity index (χ0v) is 16.6. The summed E-state index contributed by atoms with van der Waals surface area (Å²) in [5.74, 6) is -2.49. The number of hydrogen-bond acceptors (Lipinski definition) is 6. The van der Waals surface area contributed by atoms with Crippen LogP contribution in [0.5, 0.6) is 0 Å². The summed E-state index contributed by atoms with van der Waals surface area (Å²) in [5, 5.41) is 15.5. The summed E-state index contributed by atoms with van der Waals surface area (Å²) in [5.41, 5.74) is 0.215. The Labute approximate surface area is 179 Å². The van der Waals surface area contributed by atoms with E-state index in [0.29, 0.717) is 5.56 Å². The maximum atomic E-state index is 13.3. The van der Waals surface area contributed by atoms with Crippen LogP contribution in [0.15, 0.2) is 60.0 Å². The highest BCUT2D eigenvalue weighted by atomic mass is 32.1. The fourth-order valence-electron chi connectivity index (χ4n) is 3.32. The molecule has 8 nitrogen and oxygen atoms in total. The summed E-state index contributed by atoms with van der Waals surface area (Å²) in [6.07, 6.45) is 0. The van der Waals surface area contributed by atoms with Crippen LogP contribution in [-0.4, -0.2) is 34.1 Å². The molecule has 0 fully saturated rings. The van der Waals surface area contributed by atoms with Crippen molar-refractivity contribution in [1.82, 2.24) is 10.2 Å². The molecule has 1 aromatic heterocycles. The third kappa shape index (κ3) is 3.92. The van der Waals surface area contributed by atoms with Crippen LogP contribution in [0.1, 0.15) is 37.2 Å². The lowest BCUT2D eigenvalue weighted by molar-refractivity contribution is -0.384. The average molecular weight is 439 g/mol. The van der Waals surface area contributed by atoms with Crippen molar-refractivity contribution in [3.05, 3.63) is 97.5 Å². The SMILES string of the molecule is O=C(CN1C(=O)c2ccc([N+](=O)[O-])cc2C1=O)NC(c1ccc(F)cc1)c1cccs1. The molecule has 1 aliphatic heterocycles. The monoisotopic (exact) mass is 439 g/mol. The van der Waals surface area contributed by atoms with Crippen LogP contribution in [0.4, 0.5) is 10.1 Å². The van der Waals surface area contributed by atoms with Crippen LogP contribution in [0.25, 0.3) is 0 Å². The molecule has 10 heteroatoms. The number of halogens is 1. The number of rotatable bonds is 6. The minimum Gasteiger partial charge on any atom is -0.343 e. The molecule has 1 aliphatic rings. The lowest BCUT2D eigenvalue weighted by atomic mass is 10.1. The van der Waals surface area contributed by atoms with Crippen LogP contribution in [0.2, 0.25) is 0 Å². The van der Waals surface area contributed by atoms with Gasteiger partial charge in [-0.15, -0.1) is 11.3 Å². The largest absolute Gasteiger partial charge is 0.343 e. The Hall–Kier alpha value is -3.92. The van der Waals surface area contributed by atoms with Gasteiger partial charge >= 0.3 is 0 Å². The van der Waals surface area contributed by atoms with Gasteiger partial charge in [-0.3, -0.25) is 29.4 Å². The van der Waals surface area contributed by atoms with Crippen LogP contribution < -0.4 is 5.32 Å². The van der Waals surface area contributed by atoms with Gasteiger partial charge in [0.1, 0.15) is 12.4 Å². The van der Waals surface area contributed by atoms with E-state index in [1.165, 1.54) is 29.5 Å². The molecule has 2 heterocycles. The van der Waals surface area contributed by atoms with Gasteiger partial charge in [0.05, 0.1) is 22.1 Å². The summed E-state index contributed by atoms with van der Waals surface area (Å²) in [4.78, 5) is 49.7. The first-order valence-electron chi connectivity index (χ1n) is 9.08. The van der Waals surface area contributed by atoms with Crippen LogP contribution in [0.3, 0.4) is 0 Å². The highest BCUT2D eigenvalue weighted by Crippen LogP contribution is 2.28. The number of imide groups is 1. The predicted molar refractivity (Wildman–Crippen MR) is 109 cm³/mol. The quantitative estimate of drug-likeness (QED) is 0.360. The summed E-state index contributed by atoms with van der Waals surface area (Å²) in [6, 6.07) is 12.0. The number of benzene rings is 2. The summed E-state index contributed by atoms with van der Waals surface area (Å²) in [6.45, 7) is -0.552. The van der Waals surface area contributed by atoms with Crippen LogP contribution >= 0.6 is 11.3 Å². The zero-order valence-electron chi connectivity index (χ0n) is 15.8. The molecule has 0 aliphatic carbocycles. The Morgan fingerprint density at radius 1 is 1.10 bits per heavy atom. The number of fused-ring (bicyclic) bond motifs is 1. The van der Waals surface area contributed by atoms with Crippen molar-refractivity contribution in [3.8, 4) is 0 Å². The first kappa shape index (κ1) is 20.4. The third-order valence-corrected chi connectivity index (χ3v) is 5.74. The number of nitrogens with zero attached hydrogens (tertiary/aromatic N) is 2. The highest BCUT2D eigenvalue weighted by molar-refractivity contribution is 7.10. The molecule has 4 rings (SSSR count). The minimum absolute atomic E-state index is 0.0109. The molecule has 0 radical (unpaired) electrons. The summed E-state index contributed by atoms with van der Waals surface area (Å²) in [7, 11) is 0. The van der Waals surface area contributed by atoms with E-state index in [9.17, 15) is 28.9 Å². The van der Waals surface area contributed by atoms with E-state index >= 15 is 0 Å². The number of thiophene rings is 1. The van der Waals surface area contributed by atoms with Gasteiger partial charge in [0.25, 0.3) is 17.5 Å². The second kappa shape index (κ2) is 8.07. The molecule has 156 valence electrons. The topological polar surface area (TPSA) is 110 Å². The summed E-state index contributed by atoms with van der Waals surface area (Å²) < 4.78 is 13.3. The number of carbonyl (C=O) groups excluding carboxylic acids is 3. The van der Waals surface area contributed by atoms with Crippen LogP contribution in [-0.2, 0) is 4.79 Å². The first-order chi connectivity index (χ1) is 14.8. The molecule has 1 unspecified atom stereocenters. The number of nitro benzene ring substituents is 1. The van der Waals surface area contributed by atoms with Crippen molar-refractivity contribution >= 4 is 34.7 Å². The highest BCUT2D eigenvalue weighted by Gasteiger charge is 2.38. The molecule has 2 aromatic carbocycles. The molecule has 3 aromatic rings. The number of nitro groups is 1.